The summed E-state index contributed by atoms with van der Waals surface area (Å²) in [5.41, 5.74) is 1.43. The van der Waals surface area contributed by atoms with Crippen molar-refractivity contribution in [2.24, 2.45) is 0 Å². The quantitative estimate of drug-likeness (QED) is 0.845. The zero-order chi connectivity index (χ0) is 15.5. The minimum absolute atomic E-state index is 0.0604. The second kappa shape index (κ2) is 6.08. The van der Waals surface area contributed by atoms with Crippen LogP contribution in [0, 0.1) is 0 Å². The summed E-state index contributed by atoms with van der Waals surface area (Å²) in [6, 6.07) is 3.34. The first kappa shape index (κ1) is 15.2. The highest BCUT2D eigenvalue weighted by molar-refractivity contribution is 5.75. The Morgan fingerprint density at radius 3 is 2.57 bits per heavy atom. The van der Waals surface area contributed by atoms with Crippen molar-refractivity contribution in [1.29, 1.82) is 0 Å². The van der Waals surface area contributed by atoms with Gasteiger partial charge in [0.25, 0.3) is 0 Å². The highest BCUT2D eigenvalue weighted by atomic mass is 19.4. The van der Waals surface area contributed by atoms with E-state index in [1.165, 1.54) is 7.11 Å². The number of rotatable bonds is 3. The molecule has 0 saturated heterocycles. The summed E-state index contributed by atoms with van der Waals surface area (Å²) in [4.78, 5) is 15.0. The molecule has 0 unspecified atom stereocenters. The van der Waals surface area contributed by atoms with Crippen molar-refractivity contribution in [3.8, 4) is 5.88 Å². The van der Waals surface area contributed by atoms with Crippen molar-refractivity contribution in [3.05, 3.63) is 23.9 Å². The average molecular weight is 303 g/mol. The Kier molecular flexibility index (Phi) is 4.41. The van der Waals surface area contributed by atoms with Crippen LogP contribution in [0.5, 0.6) is 5.88 Å². The Bertz CT molecular complexity index is 543. The van der Waals surface area contributed by atoms with Gasteiger partial charge in [-0.2, -0.15) is 13.2 Å². The molecule has 114 valence electrons. The molecule has 0 N–H and O–H groups in total. The average Bonchev–Trinajstić information content (AvgIpc) is 2.47. The van der Waals surface area contributed by atoms with Crippen molar-refractivity contribution < 1.29 is 27.5 Å². The van der Waals surface area contributed by atoms with Gasteiger partial charge in [0.2, 0.25) is 5.88 Å². The largest absolute Gasteiger partial charge is 0.492 e. The minimum Gasteiger partial charge on any atom is -0.480 e. The van der Waals surface area contributed by atoms with E-state index in [2.05, 4.69) is 15.0 Å². The van der Waals surface area contributed by atoms with Gasteiger partial charge < -0.3 is 9.57 Å². The van der Waals surface area contributed by atoms with E-state index in [0.29, 0.717) is 18.0 Å². The molecule has 1 aromatic rings. The normalized spacial score (nSPS) is 16.3. The Morgan fingerprint density at radius 2 is 2.10 bits per heavy atom. The maximum absolute atomic E-state index is 12.1. The van der Waals surface area contributed by atoms with Crippen molar-refractivity contribution in [2.45, 2.75) is 12.6 Å². The molecule has 0 fully saturated rings. The molecule has 2 heterocycles. The van der Waals surface area contributed by atoms with E-state index in [0.717, 1.165) is 10.6 Å². The molecule has 0 aliphatic carbocycles. The Morgan fingerprint density at radius 1 is 1.33 bits per heavy atom. The van der Waals surface area contributed by atoms with Gasteiger partial charge in [0, 0.05) is 12.6 Å². The lowest BCUT2D eigenvalue weighted by Crippen LogP contribution is -2.37. The lowest BCUT2D eigenvalue weighted by atomic mass is 10.1. The van der Waals surface area contributed by atoms with Gasteiger partial charge >= 0.3 is 12.1 Å². The van der Waals surface area contributed by atoms with Gasteiger partial charge in [0.05, 0.1) is 19.3 Å². The summed E-state index contributed by atoms with van der Waals surface area (Å²) < 4.78 is 41.1. The topological polar surface area (TPSA) is 64.6 Å². The maximum Gasteiger partial charge on any atom is 0.492 e. The lowest BCUT2D eigenvalue weighted by Gasteiger charge is -2.24. The summed E-state index contributed by atoms with van der Waals surface area (Å²) >= 11 is 0. The number of ether oxygens (including phenoxy) is 1. The molecule has 1 aliphatic heterocycles. The first-order chi connectivity index (χ1) is 9.90. The van der Waals surface area contributed by atoms with Crippen LogP contribution in [0.1, 0.15) is 12.1 Å². The molecule has 6 nitrogen and oxygen atoms in total. The molecule has 9 heteroatoms. The number of methoxy groups -OCH3 is 1. The van der Waals surface area contributed by atoms with Crippen LogP contribution in [0.4, 0.5) is 13.2 Å². The zero-order valence-electron chi connectivity index (χ0n) is 11.1. The zero-order valence-corrected chi connectivity index (χ0v) is 11.1. The van der Waals surface area contributed by atoms with Gasteiger partial charge in [-0.05, 0) is 18.1 Å². The van der Waals surface area contributed by atoms with Crippen LogP contribution in [0.3, 0.4) is 0 Å². The number of alkyl halides is 3. The molecule has 0 atom stereocenters. The van der Waals surface area contributed by atoms with E-state index in [-0.39, 0.29) is 13.1 Å². The van der Waals surface area contributed by atoms with E-state index < -0.39 is 12.1 Å². The molecule has 0 spiro atoms. The highest BCUT2D eigenvalue weighted by Gasteiger charge is 2.42. The van der Waals surface area contributed by atoms with E-state index in [1.54, 1.807) is 18.2 Å². The molecule has 0 saturated carbocycles. The standard InChI is InChI=1S/C12H12F3N3O3/c1-20-10-3-2-9(16-17-10)8-4-6-18(7-5-8)21-11(19)12(13,14)15/h2-4H,5-7H2,1H3. The molecule has 1 aromatic heterocycles. The van der Waals surface area contributed by atoms with E-state index in [9.17, 15) is 18.0 Å². The first-order valence-corrected chi connectivity index (χ1v) is 6.01. The van der Waals surface area contributed by atoms with Crippen LogP contribution in [0.25, 0.3) is 5.57 Å². The Hall–Kier alpha value is -2.16. The Balaban J connectivity index is 1.96. The molecule has 0 bridgehead atoms. The van der Waals surface area contributed by atoms with Gasteiger partial charge in [-0.1, -0.05) is 6.08 Å². The van der Waals surface area contributed by atoms with Crippen molar-refractivity contribution in [3.63, 3.8) is 0 Å². The van der Waals surface area contributed by atoms with Gasteiger partial charge in [-0.3, -0.25) is 0 Å². The summed E-state index contributed by atoms with van der Waals surface area (Å²) in [7, 11) is 1.47. The summed E-state index contributed by atoms with van der Waals surface area (Å²) in [5, 5.41) is 8.71. The van der Waals surface area contributed by atoms with Gasteiger partial charge in [-0.25, -0.2) is 4.79 Å². The smallest absolute Gasteiger partial charge is 0.480 e. The van der Waals surface area contributed by atoms with Crippen LogP contribution < -0.4 is 4.74 Å². The predicted octanol–water partition coefficient (Wildman–Crippen LogP) is 1.59. The van der Waals surface area contributed by atoms with Crippen LogP contribution in [0.15, 0.2) is 18.2 Å². The Labute approximate surface area is 118 Å². The number of carbonyl (C=O) groups excluding carboxylic acids is 1. The molecule has 1 aliphatic rings. The molecule has 0 radical (unpaired) electrons. The molecular weight excluding hydrogens is 291 g/mol. The first-order valence-electron chi connectivity index (χ1n) is 6.01. The third-order valence-corrected chi connectivity index (χ3v) is 2.79. The SMILES string of the molecule is COc1ccc(C2=CCN(OC(=O)C(F)(F)F)CC2)nn1. The fraction of sp³-hybridized carbons (Fsp3) is 0.417. The summed E-state index contributed by atoms with van der Waals surface area (Å²) in [6.45, 7) is 0.215. The van der Waals surface area contributed by atoms with E-state index in [1.807, 2.05) is 0 Å². The van der Waals surface area contributed by atoms with Crippen molar-refractivity contribution in [1.82, 2.24) is 15.3 Å². The van der Waals surface area contributed by atoms with Crippen LogP contribution in [-0.4, -0.2) is 47.6 Å². The van der Waals surface area contributed by atoms with Crippen LogP contribution in [-0.2, 0) is 9.63 Å². The highest BCUT2D eigenvalue weighted by Crippen LogP contribution is 2.23. The number of hydrogen-bond acceptors (Lipinski definition) is 6. The van der Waals surface area contributed by atoms with Crippen LogP contribution in [0.2, 0.25) is 0 Å². The minimum atomic E-state index is -4.99. The summed E-state index contributed by atoms with van der Waals surface area (Å²) in [6.07, 6.45) is -2.96. The van der Waals surface area contributed by atoms with E-state index in [4.69, 9.17) is 4.74 Å². The summed E-state index contributed by atoms with van der Waals surface area (Å²) in [5.74, 6) is -1.85. The van der Waals surface area contributed by atoms with Crippen molar-refractivity contribution >= 4 is 11.5 Å². The van der Waals surface area contributed by atoms with Crippen LogP contribution >= 0.6 is 0 Å². The number of nitrogens with zero attached hydrogens (tertiary/aromatic N) is 3. The fourth-order valence-corrected chi connectivity index (χ4v) is 1.74. The predicted molar refractivity (Wildman–Crippen MR) is 64.9 cm³/mol. The molecule has 0 aromatic carbocycles. The fourth-order valence-electron chi connectivity index (χ4n) is 1.74. The number of halogens is 3. The lowest BCUT2D eigenvalue weighted by molar-refractivity contribution is -0.237. The number of aromatic nitrogens is 2. The molecule has 21 heavy (non-hydrogen) atoms. The third kappa shape index (κ3) is 3.91. The second-order valence-electron chi connectivity index (χ2n) is 4.20. The third-order valence-electron chi connectivity index (χ3n) is 2.79. The molecule has 2 rings (SSSR count). The van der Waals surface area contributed by atoms with Crippen molar-refractivity contribution in [2.75, 3.05) is 20.2 Å². The number of hydroxylamine groups is 2. The maximum atomic E-state index is 12.1. The van der Waals surface area contributed by atoms with Gasteiger partial charge in [-0.15, -0.1) is 15.3 Å². The van der Waals surface area contributed by atoms with Gasteiger partial charge in [0.1, 0.15) is 0 Å². The van der Waals surface area contributed by atoms with Gasteiger partial charge in [0.15, 0.2) is 0 Å². The monoisotopic (exact) mass is 303 g/mol. The molecular formula is C12H12F3N3O3. The second-order valence-corrected chi connectivity index (χ2v) is 4.20. The number of carbonyl (C=O) groups is 1. The van der Waals surface area contributed by atoms with E-state index >= 15 is 0 Å². The molecule has 0 amide bonds. The number of hydrogen-bond donors (Lipinski definition) is 0.